The minimum Gasteiger partial charge on any atom is -0.327 e. The van der Waals surface area contributed by atoms with E-state index in [2.05, 4.69) is 10.3 Å². The zero-order chi connectivity index (χ0) is 15.2. The molecule has 0 fully saturated rings. The monoisotopic (exact) mass is 307 g/mol. The number of rotatable bonds is 6. The van der Waals surface area contributed by atoms with Crippen LogP contribution < -0.4 is 10.2 Å². The zero-order valence-electron chi connectivity index (χ0n) is 12.2. The molecule has 0 bridgehead atoms. The molecule has 0 saturated carbocycles. The number of halogens is 2. The molecule has 0 spiro atoms. The highest BCUT2D eigenvalue weighted by Crippen LogP contribution is 2.26. The number of nitrogens with zero attached hydrogens (tertiary/aromatic N) is 2. The van der Waals surface area contributed by atoms with E-state index >= 15 is 0 Å². The van der Waals surface area contributed by atoms with Crippen LogP contribution in [0.4, 0.5) is 15.9 Å². The lowest BCUT2D eigenvalue weighted by Crippen LogP contribution is -2.19. The van der Waals surface area contributed by atoms with Gasteiger partial charge in [-0.15, -0.1) is 0 Å². The van der Waals surface area contributed by atoms with Gasteiger partial charge in [0, 0.05) is 18.8 Å². The summed E-state index contributed by atoms with van der Waals surface area (Å²) >= 11 is 6.17. The Morgan fingerprint density at radius 2 is 2.05 bits per heavy atom. The van der Waals surface area contributed by atoms with Crippen molar-refractivity contribution in [3.8, 4) is 0 Å². The number of benzene rings is 1. The second kappa shape index (κ2) is 7.38. The van der Waals surface area contributed by atoms with Crippen molar-refractivity contribution in [1.82, 2.24) is 10.3 Å². The Labute approximate surface area is 129 Å². The van der Waals surface area contributed by atoms with Crippen LogP contribution in [0.2, 0.25) is 5.02 Å². The average molecular weight is 308 g/mol. The first kappa shape index (κ1) is 15.7. The summed E-state index contributed by atoms with van der Waals surface area (Å²) in [6, 6.07) is 10.2. The van der Waals surface area contributed by atoms with Crippen LogP contribution in [0, 0.1) is 5.82 Å². The number of hydrogen-bond acceptors (Lipinski definition) is 3. The molecule has 1 N–H and O–H groups in total. The maximum atomic E-state index is 13.4. The van der Waals surface area contributed by atoms with E-state index in [0.29, 0.717) is 18.1 Å². The van der Waals surface area contributed by atoms with Crippen molar-refractivity contribution in [2.24, 2.45) is 0 Å². The number of pyridine rings is 1. The van der Waals surface area contributed by atoms with Gasteiger partial charge in [0.15, 0.2) is 0 Å². The predicted octanol–water partition coefficient (Wildman–Crippen LogP) is 4.14. The van der Waals surface area contributed by atoms with Crippen LogP contribution in [-0.4, -0.2) is 18.1 Å². The highest BCUT2D eigenvalue weighted by atomic mass is 35.5. The second-order valence-electron chi connectivity index (χ2n) is 4.60. The quantitative estimate of drug-likeness (QED) is 0.869. The average Bonchev–Trinajstić information content (AvgIpc) is 2.48. The van der Waals surface area contributed by atoms with Crippen molar-refractivity contribution in [2.45, 2.75) is 20.4 Å². The van der Waals surface area contributed by atoms with Gasteiger partial charge in [-0.1, -0.05) is 24.6 Å². The standard InChI is InChI=1S/C16H19ClFN3/c1-3-19-11-15-14(17)8-9-16(20-15)21(4-2)13-7-5-6-12(18)10-13/h5-10,19H,3-4,11H2,1-2H3. The van der Waals surface area contributed by atoms with Crippen LogP contribution >= 0.6 is 11.6 Å². The van der Waals surface area contributed by atoms with Crippen LogP contribution in [0.3, 0.4) is 0 Å². The summed E-state index contributed by atoms with van der Waals surface area (Å²) in [6.45, 7) is 6.19. The van der Waals surface area contributed by atoms with E-state index in [0.717, 1.165) is 23.7 Å². The second-order valence-corrected chi connectivity index (χ2v) is 5.01. The van der Waals surface area contributed by atoms with E-state index in [1.807, 2.05) is 36.9 Å². The van der Waals surface area contributed by atoms with Crippen molar-refractivity contribution in [1.29, 1.82) is 0 Å². The fourth-order valence-corrected chi connectivity index (χ4v) is 2.28. The van der Waals surface area contributed by atoms with Gasteiger partial charge in [0.05, 0.1) is 10.7 Å². The lowest BCUT2D eigenvalue weighted by molar-refractivity contribution is 0.627. The van der Waals surface area contributed by atoms with Gasteiger partial charge in [-0.25, -0.2) is 9.37 Å². The fraction of sp³-hybridized carbons (Fsp3) is 0.312. The molecule has 3 nitrogen and oxygen atoms in total. The number of anilines is 2. The van der Waals surface area contributed by atoms with Crippen LogP contribution in [0.5, 0.6) is 0 Å². The van der Waals surface area contributed by atoms with E-state index in [-0.39, 0.29) is 5.82 Å². The Morgan fingerprint density at radius 1 is 1.24 bits per heavy atom. The van der Waals surface area contributed by atoms with Gasteiger partial charge in [0.2, 0.25) is 0 Å². The SMILES string of the molecule is CCNCc1nc(N(CC)c2cccc(F)c2)ccc1Cl. The molecule has 1 aromatic heterocycles. The molecule has 0 unspecified atom stereocenters. The van der Waals surface area contributed by atoms with E-state index in [9.17, 15) is 4.39 Å². The summed E-state index contributed by atoms with van der Waals surface area (Å²) in [7, 11) is 0. The normalized spacial score (nSPS) is 10.7. The van der Waals surface area contributed by atoms with Crippen molar-refractivity contribution in [3.05, 3.63) is 52.9 Å². The first-order chi connectivity index (χ1) is 10.2. The van der Waals surface area contributed by atoms with Crippen LogP contribution in [-0.2, 0) is 6.54 Å². The predicted molar refractivity (Wildman–Crippen MR) is 85.7 cm³/mol. The van der Waals surface area contributed by atoms with Gasteiger partial charge < -0.3 is 10.2 Å². The van der Waals surface area contributed by atoms with Crippen LogP contribution in [0.15, 0.2) is 36.4 Å². The van der Waals surface area contributed by atoms with E-state index < -0.39 is 0 Å². The number of hydrogen-bond donors (Lipinski definition) is 1. The fourth-order valence-electron chi connectivity index (χ4n) is 2.11. The third-order valence-corrected chi connectivity index (χ3v) is 3.50. The Hall–Kier alpha value is -1.65. The molecule has 2 aromatic rings. The molecule has 1 aromatic carbocycles. The smallest absolute Gasteiger partial charge is 0.133 e. The minimum atomic E-state index is -0.257. The van der Waals surface area contributed by atoms with Crippen LogP contribution in [0.25, 0.3) is 0 Å². The molecule has 0 atom stereocenters. The Kier molecular flexibility index (Phi) is 5.53. The molecule has 0 aliphatic heterocycles. The van der Waals surface area contributed by atoms with Crippen molar-refractivity contribution >= 4 is 23.1 Å². The zero-order valence-corrected chi connectivity index (χ0v) is 13.0. The van der Waals surface area contributed by atoms with Crippen molar-refractivity contribution in [3.63, 3.8) is 0 Å². The molecule has 5 heteroatoms. The maximum absolute atomic E-state index is 13.4. The number of aromatic nitrogens is 1. The Balaban J connectivity index is 2.34. The van der Waals surface area contributed by atoms with Gasteiger partial charge in [-0.05, 0) is 43.8 Å². The molecule has 0 aliphatic rings. The summed E-state index contributed by atoms with van der Waals surface area (Å²) in [5.74, 6) is 0.508. The first-order valence-electron chi connectivity index (χ1n) is 7.05. The lowest BCUT2D eigenvalue weighted by Gasteiger charge is -2.23. The molecular weight excluding hydrogens is 289 g/mol. The Morgan fingerprint density at radius 3 is 2.71 bits per heavy atom. The molecule has 1 heterocycles. The van der Waals surface area contributed by atoms with Gasteiger partial charge in [-0.2, -0.15) is 0 Å². The molecule has 0 radical (unpaired) electrons. The van der Waals surface area contributed by atoms with Gasteiger partial charge >= 0.3 is 0 Å². The maximum Gasteiger partial charge on any atom is 0.133 e. The molecule has 0 amide bonds. The summed E-state index contributed by atoms with van der Waals surface area (Å²) in [6.07, 6.45) is 0. The highest BCUT2D eigenvalue weighted by Gasteiger charge is 2.12. The third-order valence-electron chi connectivity index (χ3n) is 3.16. The molecular formula is C16H19ClFN3. The summed E-state index contributed by atoms with van der Waals surface area (Å²) in [4.78, 5) is 6.55. The van der Waals surface area contributed by atoms with E-state index in [1.165, 1.54) is 12.1 Å². The summed E-state index contributed by atoms with van der Waals surface area (Å²) in [5, 5.41) is 3.85. The molecule has 2 rings (SSSR count). The Bertz CT molecular complexity index is 604. The van der Waals surface area contributed by atoms with Crippen molar-refractivity contribution in [2.75, 3.05) is 18.0 Å². The molecule has 0 saturated heterocycles. The van der Waals surface area contributed by atoms with Crippen molar-refractivity contribution < 1.29 is 4.39 Å². The van der Waals surface area contributed by atoms with Gasteiger partial charge in [0.25, 0.3) is 0 Å². The minimum absolute atomic E-state index is 0.257. The van der Waals surface area contributed by atoms with E-state index in [4.69, 9.17) is 11.6 Å². The van der Waals surface area contributed by atoms with E-state index in [1.54, 1.807) is 6.07 Å². The highest BCUT2D eigenvalue weighted by molar-refractivity contribution is 6.31. The third kappa shape index (κ3) is 3.93. The summed E-state index contributed by atoms with van der Waals surface area (Å²) < 4.78 is 13.4. The van der Waals surface area contributed by atoms with Gasteiger partial charge in [0.1, 0.15) is 11.6 Å². The van der Waals surface area contributed by atoms with Crippen LogP contribution in [0.1, 0.15) is 19.5 Å². The van der Waals surface area contributed by atoms with Gasteiger partial charge in [-0.3, -0.25) is 0 Å². The largest absolute Gasteiger partial charge is 0.327 e. The first-order valence-corrected chi connectivity index (χ1v) is 7.42. The molecule has 21 heavy (non-hydrogen) atoms. The molecule has 0 aliphatic carbocycles. The number of nitrogens with one attached hydrogen (secondary N) is 1. The summed E-state index contributed by atoms with van der Waals surface area (Å²) in [5.41, 5.74) is 1.58. The topological polar surface area (TPSA) is 28.2 Å². The molecule has 112 valence electrons. The lowest BCUT2D eigenvalue weighted by atomic mass is 10.2.